The molecule has 0 aliphatic rings. The number of ether oxygens (including phenoxy) is 1. The fraction of sp³-hybridized carbons (Fsp3) is 0.200. The van der Waals surface area contributed by atoms with Crippen LogP contribution in [0.1, 0.15) is 16.0 Å². The molecule has 2 aromatic carbocycles. The summed E-state index contributed by atoms with van der Waals surface area (Å²) in [5.74, 6) is 0.283. The van der Waals surface area contributed by atoms with Crippen LogP contribution >= 0.6 is 27.5 Å². The second kappa shape index (κ2) is 6.40. The highest BCUT2D eigenvalue weighted by Crippen LogP contribution is 2.35. The van der Waals surface area contributed by atoms with E-state index in [4.69, 9.17) is 16.3 Å². The second-order valence-corrected chi connectivity index (χ2v) is 5.70. The van der Waals surface area contributed by atoms with Crippen LogP contribution in [-0.4, -0.2) is 7.11 Å². The van der Waals surface area contributed by atoms with E-state index in [9.17, 15) is 4.39 Å². The van der Waals surface area contributed by atoms with Crippen molar-refractivity contribution in [1.29, 1.82) is 0 Å². The van der Waals surface area contributed by atoms with Crippen molar-refractivity contribution in [3.8, 4) is 5.75 Å². The Bertz CT molecular complexity index is 557. The number of benzene rings is 2. The molecule has 4 heteroatoms. The van der Waals surface area contributed by atoms with Gasteiger partial charge in [0, 0.05) is 10.6 Å². The number of methoxy groups -OCH3 is 1. The minimum atomic E-state index is -0.268. The molecule has 0 saturated carbocycles. The SMILES string of the molecule is COc1cccc(F)c1C(Br)Cc1ccc(Cl)cc1. The van der Waals surface area contributed by atoms with Gasteiger partial charge in [-0.3, -0.25) is 0 Å². The van der Waals surface area contributed by atoms with Gasteiger partial charge in [0.15, 0.2) is 0 Å². The molecule has 1 nitrogen and oxygen atoms in total. The fourth-order valence-corrected chi connectivity index (χ4v) is 2.87. The molecule has 0 aliphatic heterocycles. The highest BCUT2D eigenvalue weighted by atomic mass is 79.9. The van der Waals surface area contributed by atoms with Crippen LogP contribution in [0.5, 0.6) is 5.75 Å². The van der Waals surface area contributed by atoms with Crippen LogP contribution in [-0.2, 0) is 6.42 Å². The fourth-order valence-electron chi connectivity index (χ4n) is 1.93. The van der Waals surface area contributed by atoms with Crippen molar-refractivity contribution in [1.82, 2.24) is 0 Å². The molecule has 1 atom stereocenters. The van der Waals surface area contributed by atoms with E-state index in [2.05, 4.69) is 15.9 Å². The van der Waals surface area contributed by atoms with Gasteiger partial charge in [0.2, 0.25) is 0 Å². The minimum Gasteiger partial charge on any atom is -0.496 e. The van der Waals surface area contributed by atoms with Gasteiger partial charge in [0.05, 0.1) is 11.9 Å². The Kier molecular flexibility index (Phi) is 4.83. The van der Waals surface area contributed by atoms with Gasteiger partial charge >= 0.3 is 0 Å². The Labute approximate surface area is 125 Å². The Balaban J connectivity index is 2.24. The quantitative estimate of drug-likeness (QED) is 0.696. The van der Waals surface area contributed by atoms with Gasteiger partial charge in [0.1, 0.15) is 11.6 Å². The van der Waals surface area contributed by atoms with Gasteiger partial charge in [-0.2, -0.15) is 0 Å². The van der Waals surface area contributed by atoms with Crippen molar-refractivity contribution in [3.05, 3.63) is 64.4 Å². The third-order valence-corrected chi connectivity index (χ3v) is 3.91. The van der Waals surface area contributed by atoms with Crippen LogP contribution in [0, 0.1) is 5.82 Å². The van der Waals surface area contributed by atoms with Gasteiger partial charge < -0.3 is 4.74 Å². The van der Waals surface area contributed by atoms with E-state index < -0.39 is 0 Å². The molecule has 0 saturated heterocycles. The first kappa shape index (κ1) is 14.4. The molecule has 0 aromatic heterocycles. The number of halogens is 3. The van der Waals surface area contributed by atoms with Crippen LogP contribution < -0.4 is 4.74 Å². The standard InChI is InChI=1S/C15H13BrClFO/c1-19-14-4-2-3-13(18)15(14)12(16)9-10-5-7-11(17)8-6-10/h2-8,12H,9H2,1H3. The normalized spacial score (nSPS) is 12.2. The van der Waals surface area contributed by atoms with E-state index in [-0.39, 0.29) is 10.6 Å². The van der Waals surface area contributed by atoms with Crippen molar-refractivity contribution in [3.63, 3.8) is 0 Å². The van der Waals surface area contributed by atoms with Crippen LogP contribution in [0.2, 0.25) is 5.02 Å². The number of rotatable bonds is 4. The summed E-state index contributed by atoms with van der Waals surface area (Å²) < 4.78 is 19.1. The Hall–Kier alpha value is -1.06. The maximum absolute atomic E-state index is 13.9. The van der Waals surface area contributed by atoms with Crippen LogP contribution in [0.3, 0.4) is 0 Å². The van der Waals surface area contributed by atoms with Crippen molar-refractivity contribution in [2.75, 3.05) is 7.11 Å². The first-order valence-corrected chi connectivity index (χ1v) is 7.12. The van der Waals surface area contributed by atoms with E-state index in [1.807, 2.05) is 24.3 Å². The zero-order valence-electron chi connectivity index (χ0n) is 10.4. The Morgan fingerprint density at radius 3 is 2.53 bits per heavy atom. The Morgan fingerprint density at radius 1 is 1.21 bits per heavy atom. The highest BCUT2D eigenvalue weighted by molar-refractivity contribution is 9.09. The number of hydrogen-bond acceptors (Lipinski definition) is 1. The lowest BCUT2D eigenvalue weighted by atomic mass is 10.0. The third kappa shape index (κ3) is 3.48. The first-order chi connectivity index (χ1) is 9.11. The maximum Gasteiger partial charge on any atom is 0.131 e. The summed E-state index contributed by atoms with van der Waals surface area (Å²) in [6.45, 7) is 0. The summed E-state index contributed by atoms with van der Waals surface area (Å²) in [7, 11) is 1.54. The molecule has 0 radical (unpaired) electrons. The van der Waals surface area contributed by atoms with Crippen molar-refractivity contribution in [2.24, 2.45) is 0 Å². The maximum atomic E-state index is 13.9. The molecular weight excluding hydrogens is 331 g/mol. The molecule has 0 aliphatic carbocycles. The summed E-state index contributed by atoms with van der Waals surface area (Å²) in [5, 5.41) is 0.693. The van der Waals surface area contributed by atoms with Gasteiger partial charge in [-0.05, 0) is 36.2 Å². The van der Waals surface area contributed by atoms with Crippen LogP contribution in [0.25, 0.3) is 0 Å². The third-order valence-electron chi connectivity index (χ3n) is 2.87. The zero-order chi connectivity index (χ0) is 13.8. The monoisotopic (exact) mass is 342 g/mol. The lowest BCUT2D eigenvalue weighted by molar-refractivity contribution is 0.404. The largest absolute Gasteiger partial charge is 0.496 e. The average Bonchev–Trinajstić information content (AvgIpc) is 2.40. The predicted molar refractivity (Wildman–Crippen MR) is 79.8 cm³/mol. The van der Waals surface area contributed by atoms with Gasteiger partial charge in [0.25, 0.3) is 0 Å². The van der Waals surface area contributed by atoms with E-state index in [0.717, 1.165) is 5.56 Å². The second-order valence-electron chi connectivity index (χ2n) is 4.15. The van der Waals surface area contributed by atoms with Crippen molar-refractivity contribution in [2.45, 2.75) is 11.2 Å². The minimum absolute atomic E-state index is 0.148. The summed E-state index contributed by atoms with van der Waals surface area (Å²) in [6.07, 6.45) is 0.661. The molecule has 0 bridgehead atoms. The average molecular weight is 344 g/mol. The van der Waals surface area contributed by atoms with Crippen molar-refractivity contribution >= 4 is 27.5 Å². The predicted octanol–water partition coefficient (Wildman–Crippen LogP) is 5.17. The molecule has 0 spiro atoms. The van der Waals surface area contributed by atoms with Crippen LogP contribution in [0.15, 0.2) is 42.5 Å². The van der Waals surface area contributed by atoms with E-state index in [1.54, 1.807) is 19.2 Å². The molecule has 0 heterocycles. The highest BCUT2D eigenvalue weighted by Gasteiger charge is 2.18. The molecule has 0 amide bonds. The molecular formula is C15H13BrClFO. The first-order valence-electron chi connectivity index (χ1n) is 5.82. The lowest BCUT2D eigenvalue weighted by Crippen LogP contribution is -2.02. The smallest absolute Gasteiger partial charge is 0.131 e. The topological polar surface area (TPSA) is 9.23 Å². The number of alkyl halides is 1. The molecule has 1 unspecified atom stereocenters. The van der Waals surface area contributed by atoms with Gasteiger partial charge in [-0.25, -0.2) is 4.39 Å². The summed E-state index contributed by atoms with van der Waals surface area (Å²) in [5.41, 5.74) is 1.62. The molecule has 19 heavy (non-hydrogen) atoms. The molecule has 2 rings (SSSR count). The van der Waals surface area contributed by atoms with E-state index in [1.165, 1.54) is 6.07 Å². The van der Waals surface area contributed by atoms with E-state index >= 15 is 0 Å². The van der Waals surface area contributed by atoms with Crippen LogP contribution in [0.4, 0.5) is 4.39 Å². The summed E-state index contributed by atoms with van der Waals surface area (Å²) in [6, 6.07) is 12.4. The van der Waals surface area contributed by atoms with Gasteiger partial charge in [-0.1, -0.05) is 45.7 Å². The summed E-state index contributed by atoms with van der Waals surface area (Å²) >= 11 is 9.38. The molecule has 100 valence electrons. The van der Waals surface area contributed by atoms with Crippen molar-refractivity contribution < 1.29 is 9.13 Å². The van der Waals surface area contributed by atoms with E-state index in [0.29, 0.717) is 22.8 Å². The lowest BCUT2D eigenvalue weighted by Gasteiger charge is -2.15. The summed E-state index contributed by atoms with van der Waals surface area (Å²) in [4.78, 5) is -0.148. The molecule has 0 N–H and O–H groups in total. The molecule has 0 fully saturated rings. The molecule has 2 aromatic rings. The Morgan fingerprint density at radius 2 is 1.89 bits per heavy atom. The number of hydrogen-bond donors (Lipinski definition) is 0. The zero-order valence-corrected chi connectivity index (χ0v) is 12.7. The van der Waals surface area contributed by atoms with Gasteiger partial charge in [-0.15, -0.1) is 0 Å².